The topological polar surface area (TPSA) is 70.9 Å². The van der Waals surface area contributed by atoms with Crippen LogP contribution in [0.3, 0.4) is 0 Å². The number of carbonyl (C=O) groups excluding carboxylic acids is 1. The maximum atomic E-state index is 12.3. The summed E-state index contributed by atoms with van der Waals surface area (Å²) in [6.45, 7) is 4.01. The van der Waals surface area contributed by atoms with Gasteiger partial charge in [-0.15, -0.1) is 0 Å². The highest BCUT2D eigenvalue weighted by molar-refractivity contribution is 6.07. The lowest BCUT2D eigenvalue weighted by molar-refractivity contribution is 0.102. The molecule has 21 heavy (non-hydrogen) atoms. The number of fused-ring (bicyclic) bond motifs is 1. The zero-order valence-corrected chi connectivity index (χ0v) is 12.0. The largest absolute Gasteiger partial charge is 0.397 e. The number of nitrogens with two attached hydrogens (primary N) is 1. The van der Waals surface area contributed by atoms with Crippen LogP contribution in [0.25, 0.3) is 10.9 Å². The zero-order valence-electron chi connectivity index (χ0n) is 12.0. The van der Waals surface area contributed by atoms with Gasteiger partial charge in [-0.2, -0.15) is 0 Å². The highest BCUT2D eigenvalue weighted by atomic mass is 16.1. The molecule has 1 aromatic heterocycles. The van der Waals surface area contributed by atoms with E-state index in [0.717, 1.165) is 27.7 Å². The van der Waals surface area contributed by atoms with E-state index >= 15 is 0 Å². The Kier molecular flexibility index (Phi) is 3.14. The van der Waals surface area contributed by atoms with Gasteiger partial charge in [0.25, 0.3) is 5.91 Å². The minimum atomic E-state index is -0.171. The number of nitrogen functional groups attached to an aromatic ring is 1. The van der Waals surface area contributed by atoms with Crippen molar-refractivity contribution in [2.24, 2.45) is 0 Å². The molecule has 4 N–H and O–H groups in total. The SMILES string of the molecule is Cc1cc(C)cc(NC(=O)c2cc3cccc(N)c3[nH]2)c1. The van der Waals surface area contributed by atoms with Crippen LogP contribution in [-0.2, 0) is 0 Å². The second-order valence-electron chi connectivity index (χ2n) is 5.32. The number of aryl methyl sites for hydroxylation is 2. The lowest BCUT2D eigenvalue weighted by atomic mass is 10.1. The fraction of sp³-hybridized carbons (Fsp3) is 0.118. The maximum absolute atomic E-state index is 12.3. The summed E-state index contributed by atoms with van der Waals surface area (Å²) in [5.74, 6) is -0.171. The Balaban J connectivity index is 1.91. The van der Waals surface area contributed by atoms with Crippen LogP contribution in [0.5, 0.6) is 0 Å². The molecule has 0 aliphatic rings. The second-order valence-corrected chi connectivity index (χ2v) is 5.32. The summed E-state index contributed by atoms with van der Waals surface area (Å²) in [6, 6.07) is 13.4. The number of benzene rings is 2. The number of hydrogen-bond acceptors (Lipinski definition) is 2. The summed E-state index contributed by atoms with van der Waals surface area (Å²) in [5, 5.41) is 3.84. The van der Waals surface area contributed by atoms with E-state index in [4.69, 9.17) is 5.73 Å². The molecule has 0 bridgehead atoms. The van der Waals surface area contributed by atoms with Crippen molar-refractivity contribution < 1.29 is 4.79 Å². The molecular formula is C17H17N3O. The van der Waals surface area contributed by atoms with Gasteiger partial charge in [-0.1, -0.05) is 18.2 Å². The van der Waals surface area contributed by atoms with Gasteiger partial charge in [0.1, 0.15) is 5.69 Å². The Morgan fingerprint density at radius 1 is 1.10 bits per heavy atom. The predicted octanol–water partition coefficient (Wildman–Crippen LogP) is 3.62. The molecule has 4 heteroatoms. The van der Waals surface area contributed by atoms with Crippen LogP contribution in [0.4, 0.5) is 11.4 Å². The Hall–Kier alpha value is -2.75. The molecule has 0 unspecified atom stereocenters. The average molecular weight is 279 g/mol. The van der Waals surface area contributed by atoms with E-state index in [9.17, 15) is 4.79 Å². The Bertz CT molecular complexity index is 813. The zero-order chi connectivity index (χ0) is 15.0. The molecule has 0 fully saturated rings. The first-order chi connectivity index (χ1) is 10.0. The van der Waals surface area contributed by atoms with Crippen LogP contribution in [0, 0.1) is 13.8 Å². The van der Waals surface area contributed by atoms with Crippen LogP contribution in [0.15, 0.2) is 42.5 Å². The first-order valence-electron chi connectivity index (χ1n) is 6.80. The number of amides is 1. The molecule has 106 valence electrons. The van der Waals surface area contributed by atoms with Gasteiger partial charge in [-0.05, 0) is 49.2 Å². The van der Waals surface area contributed by atoms with E-state index in [1.54, 1.807) is 0 Å². The van der Waals surface area contributed by atoms with Crippen LogP contribution in [-0.4, -0.2) is 10.9 Å². The molecule has 0 aliphatic heterocycles. The maximum Gasteiger partial charge on any atom is 0.272 e. The van der Waals surface area contributed by atoms with Crippen molar-refractivity contribution in [3.8, 4) is 0 Å². The number of hydrogen-bond donors (Lipinski definition) is 3. The molecule has 0 saturated carbocycles. The van der Waals surface area contributed by atoms with E-state index in [2.05, 4.69) is 16.4 Å². The molecular weight excluding hydrogens is 262 g/mol. The third-order valence-electron chi connectivity index (χ3n) is 3.41. The summed E-state index contributed by atoms with van der Waals surface area (Å²) in [7, 11) is 0. The molecule has 3 rings (SSSR count). The van der Waals surface area contributed by atoms with Gasteiger partial charge in [-0.3, -0.25) is 4.79 Å². The lowest BCUT2D eigenvalue weighted by Crippen LogP contribution is -2.12. The van der Waals surface area contributed by atoms with Crippen molar-refractivity contribution in [3.63, 3.8) is 0 Å². The van der Waals surface area contributed by atoms with Crippen LogP contribution in [0.1, 0.15) is 21.6 Å². The quantitative estimate of drug-likeness (QED) is 0.627. The second kappa shape index (κ2) is 4.98. The van der Waals surface area contributed by atoms with E-state index in [1.807, 2.05) is 50.2 Å². The normalized spacial score (nSPS) is 10.8. The van der Waals surface area contributed by atoms with Crippen molar-refractivity contribution in [1.82, 2.24) is 4.98 Å². The smallest absolute Gasteiger partial charge is 0.272 e. The monoisotopic (exact) mass is 279 g/mol. The first-order valence-corrected chi connectivity index (χ1v) is 6.80. The molecule has 0 spiro atoms. The first kappa shape index (κ1) is 13.2. The number of H-pyrrole nitrogens is 1. The standard InChI is InChI=1S/C17H17N3O/c1-10-6-11(2)8-13(7-10)19-17(21)15-9-12-4-3-5-14(18)16(12)20-15/h3-9,20H,18H2,1-2H3,(H,19,21). The third kappa shape index (κ3) is 2.60. The fourth-order valence-corrected chi connectivity index (χ4v) is 2.55. The van der Waals surface area contributed by atoms with Crippen molar-refractivity contribution >= 4 is 28.2 Å². The van der Waals surface area contributed by atoms with E-state index in [1.165, 1.54) is 0 Å². The molecule has 0 saturated heterocycles. The molecule has 3 aromatic rings. The number of para-hydroxylation sites is 1. The van der Waals surface area contributed by atoms with Crippen LogP contribution >= 0.6 is 0 Å². The lowest BCUT2D eigenvalue weighted by Gasteiger charge is -2.06. The molecule has 4 nitrogen and oxygen atoms in total. The number of aromatic amines is 1. The number of anilines is 2. The van der Waals surface area contributed by atoms with Crippen molar-refractivity contribution in [1.29, 1.82) is 0 Å². The predicted molar refractivity (Wildman–Crippen MR) is 86.6 cm³/mol. The summed E-state index contributed by atoms with van der Waals surface area (Å²) in [5.41, 5.74) is 10.9. The Morgan fingerprint density at radius 2 is 1.81 bits per heavy atom. The van der Waals surface area contributed by atoms with Gasteiger partial charge in [0.05, 0.1) is 11.2 Å². The molecule has 0 atom stereocenters. The number of aromatic nitrogens is 1. The summed E-state index contributed by atoms with van der Waals surface area (Å²) < 4.78 is 0. The third-order valence-corrected chi connectivity index (χ3v) is 3.41. The van der Waals surface area contributed by atoms with E-state index in [0.29, 0.717) is 11.4 Å². The van der Waals surface area contributed by atoms with Gasteiger partial charge in [0, 0.05) is 11.1 Å². The highest BCUT2D eigenvalue weighted by Gasteiger charge is 2.11. The molecule has 0 aliphatic carbocycles. The minimum Gasteiger partial charge on any atom is -0.397 e. The summed E-state index contributed by atoms with van der Waals surface area (Å²) in [4.78, 5) is 15.4. The van der Waals surface area contributed by atoms with Crippen molar-refractivity contribution in [2.75, 3.05) is 11.1 Å². The van der Waals surface area contributed by atoms with Crippen molar-refractivity contribution in [3.05, 3.63) is 59.3 Å². The fourth-order valence-electron chi connectivity index (χ4n) is 2.55. The minimum absolute atomic E-state index is 0.171. The number of nitrogens with one attached hydrogen (secondary N) is 2. The number of carbonyl (C=O) groups is 1. The number of rotatable bonds is 2. The highest BCUT2D eigenvalue weighted by Crippen LogP contribution is 2.22. The Labute approximate surface area is 123 Å². The molecule has 0 radical (unpaired) electrons. The van der Waals surface area contributed by atoms with Gasteiger partial charge >= 0.3 is 0 Å². The van der Waals surface area contributed by atoms with Gasteiger partial charge in [0.15, 0.2) is 0 Å². The summed E-state index contributed by atoms with van der Waals surface area (Å²) in [6.07, 6.45) is 0. The van der Waals surface area contributed by atoms with Gasteiger partial charge in [-0.25, -0.2) is 0 Å². The average Bonchev–Trinajstić information content (AvgIpc) is 2.83. The van der Waals surface area contributed by atoms with E-state index < -0.39 is 0 Å². The van der Waals surface area contributed by atoms with E-state index in [-0.39, 0.29) is 5.91 Å². The molecule has 1 amide bonds. The van der Waals surface area contributed by atoms with Gasteiger partial charge < -0.3 is 16.0 Å². The van der Waals surface area contributed by atoms with Gasteiger partial charge in [0.2, 0.25) is 0 Å². The van der Waals surface area contributed by atoms with Crippen LogP contribution < -0.4 is 11.1 Å². The Morgan fingerprint density at radius 3 is 2.48 bits per heavy atom. The van der Waals surface area contributed by atoms with Crippen LogP contribution in [0.2, 0.25) is 0 Å². The molecule has 1 heterocycles. The molecule has 2 aromatic carbocycles. The summed E-state index contributed by atoms with van der Waals surface area (Å²) >= 11 is 0. The van der Waals surface area contributed by atoms with Crippen molar-refractivity contribution in [2.45, 2.75) is 13.8 Å².